The number of amides is 2. The number of nitrogens with zero attached hydrogens (tertiary/aromatic N) is 2. The van der Waals surface area contributed by atoms with Crippen LogP contribution in [0.2, 0.25) is 0 Å². The van der Waals surface area contributed by atoms with Crippen molar-refractivity contribution < 1.29 is 18.4 Å². The number of halogens is 2. The maximum Gasteiger partial charge on any atom is 0.268 e. The third-order valence-electron chi connectivity index (χ3n) is 5.40. The first kappa shape index (κ1) is 19.3. The minimum atomic E-state index is -1.14. The number of benzene rings is 2. The summed E-state index contributed by atoms with van der Waals surface area (Å²) in [6.45, 7) is 0.552. The van der Waals surface area contributed by atoms with Crippen LogP contribution in [-0.2, 0) is 16.2 Å². The second kappa shape index (κ2) is 7.21. The van der Waals surface area contributed by atoms with Crippen LogP contribution >= 0.6 is 23.1 Å². The lowest BCUT2D eigenvalue weighted by atomic mass is 10.1. The molecule has 152 valence electrons. The molecule has 1 fully saturated rings. The normalized spacial score (nSPS) is 20.3. The largest absolute Gasteiger partial charge is 0.310 e. The number of rotatable bonds is 3. The topological polar surface area (TPSA) is 40.6 Å². The number of carbonyl (C=O) groups excluding carboxylic acids is 2. The molecule has 3 aromatic rings. The number of hydrogen-bond donors (Lipinski definition) is 0. The molecular weight excluding hydrogens is 426 g/mol. The van der Waals surface area contributed by atoms with Gasteiger partial charge in [0.1, 0.15) is 0 Å². The van der Waals surface area contributed by atoms with Crippen molar-refractivity contribution in [3.05, 3.63) is 87.6 Å². The molecule has 2 amide bonds. The maximum absolute atomic E-state index is 13.8. The van der Waals surface area contributed by atoms with E-state index in [1.165, 1.54) is 29.2 Å². The summed E-state index contributed by atoms with van der Waals surface area (Å²) >= 11 is 2.79. The van der Waals surface area contributed by atoms with E-state index in [2.05, 4.69) is 0 Å². The summed E-state index contributed by atoms with van der Waals surface area (Å²) in [6.07, 6.45) is 0. The minimum Gasteiger partial charge on any atom is -0.310 e. The first-order valence-electron chi connectivity index (χ1n) is 9.37. The van der Waals surface area contributed by atoms with E-state index < -0.39 is 16.5 Å². The molecule has 0 saturated carbocycles. The van der Waals surface area contributed by atoms with Crippen LogP contribution < -0.4 is 4.90 Å². The van der Waals surface area contributed by atoms with E-state index in [4.69, 9.17) is 0 Å². The fourth-order valence-electron chi connectivity index (χ4n) is 4.08. The highest BCUT2D eigenvalue weighted by molar-refractivity contribution is 8.01. The summed E-state index contributed by atoms with van der Waals surface area (Å²) < 4.78 is 27.1. The standard InChI is InChI=1S/C22H16F2N2O2S2/c23-16-8-7-14(12-17(16)24)13-25-18-5-2-1-4-15(18)22(21(25)28)26(9-11-30-22)20(27)19-6-3-10-29-19/h1-8,10,12H,9,11,13H2/t22-/m1/s1. The molecule has 2 aromatic carbocycles. The zero-order valence-corrected chi connectivity index (χ0v) is 17.3. The third-order valence-corrected chi connectivity index (χ3v) is 7.68. The molecule has 2 aliphatic rings. The molecular formula is C22H16F2N2O2S2. The highest BCUT2D eigenvalue weighted by Crippen LogP contribution is 2.54. The van der Waals surface area contributed by atoms with E-state index >= 15 is 0 Å². The average Bonchev–Trinajstić information content (AvgIpc) is 3.48. The maximum atomic E-state index is 13.8. The molecule has 0 unspecified atom stereocenters. The highest BCUT2D eigenvalue weighted by Gasteiger charge is 2.59. The van der Waals surface area contributed by atoms with Crippen LogP contribution in [0, 0.1) is 11.6 Å². The molecule has 4 nitrogen and oxygen atoms in total. The second-order valence-electron chi connectivity index (χ2n) is 7.08. The van der Waals surface area contributed by atoms with Crippen molar-refractivity contribution in [1.82, 2.24) is 4.90 Å². The molecule has 3 heterocycles. The Balaban J connectivity index is 1.57. The molecule has 1 saturated heterocycles. The third kappa shape index (κ3) is 2.78. The van der Waals surface area contributed by atoms with Gasteiger partial charge in [-0.05, 0) is 35.2 Å². The molecule has 5 rings (SSSR count). The van der Waals surface area contributed by atoms with Crippen LogP contribution in [0.3, 0.4) is 0 Å². The zero-order valence-electron chi connectivity index (χ0n) is 15.7. The lowest BCUT2D eigenvalue weighted by Crippen LogP contribution is -2.50. The smallest absolute Gasteiger partial charge is 0.268 e. The number of fused-ring (bicyclic) bond motifs is 2. The fourth-order valence-corrected chi connectivity index (χ4v) is 6.21. The Morgan fingerprint density at radius 2 is 1.90 bits per heavy atom. The Hall–Kier alpha value is -2.71. The number of para-hydroxylation sites is 1. The van der Waals surface area contributed by atoms with Gasteiger partial charge in [0.2, 0.25) is 0 Å². The molecule has 1 atom stereocenters. The van der Waals surface area contributed by atoms with Crippen LogP contribution in [0.5, 0.6) is 0 Å². The van der Waals surface area contributed by atoms with Crippen LogP contribution in [0.25, 0.3) is 0 Å². The van der Waals surface area contributed by atoms with Gasteiger partial charge in [-0.25, -0.2) is 8.78 Å². The summed E-state index contributed by atoms with van der Waals surface area (Å²) in [5, 5.41) is 1.84. The Morgan fingerprint density at radius 3 is 2.67 bits per heavy atom. The van der Waals surface area contributed by atoms with E-state index in [9.17, 15) is 18.4 Å². The quantitative estimate of drug-likeness (QED) is 0.595. The lowest BCUT2D eigenvalue weighted by Gasteiger charge is -2.33. The molecule has 0 aliphatic carbocycles. The van der Waals surface area contributed by atoms with Gasteiger partial charge >= 0.3 is 0 Å². The summed E-state index contributed by atoms with van der Waals surface area (Å²) in [5.74, 6) is -1.65. The molecule has 0 radical (unpaired) electrons. The second-order valence-corrected chi connectivity index (χ2v) is 9.32. The molecule has 1 aromatic heterocycles. The predicted octanol–water partition coefficient (Wildman–Crippen LogP) is 4.62. The average molecular weight is 443 g/mol. The van der Waals surface area contributed by atoms with E-state index in [0.29, 0.717) is 28.4 Å². The van der Waals surface area contributed by atoms with Crippen molar-refractivity contribution in [3.8, 4) is 0 Å². The van der Waals surface area contributed by atoms with Crippen molar-refractivity contribution in [1.29, 1.82) is 0 Å². The van der Waals surface area contributed by atoms with Crippen molar-refractivity contribution in [2.24, 2.45) is 0 Å². The van der Waals surface area contributed by atoms with E-state index in [1.54, 1.807) is 15.9 Å². The van der Waals surface area contributed by atoms with E-state index in [1.807, 2.05) is 35.7 Å². The first-order chi connectivity index (χ1) is 14.5. The highest BCUT2D eigenvalue weighted by atomic mass is 32.2. The van der Waals surface area contributed by atoms with Gasteiger partial charge in [0, 0.05) is 17.9 Å². The van der Waals surface area contributed by atoms with E-state index in [-0.39, 0.29) is 18.4 Å². The van der Waals surface area contributed by atoms with Gasteiger partial charge in [-0.3, -0.25) is 9.59 Å². The van der Waals surface area contributed by atoms with Gasteiger partial charge in [-0.1, -0.05) is 30.3 Å². The SMILES string of the molecule is O=C(c1cccs1)N1CCS[C@]12C(=O)N(Cc1ccc(F)c(F)c1)c1ccccc12. The van der Waals surface area contributed by atoms with Crippen molar-refractivity contribution in [2.75, 3.05) is 17.2 Å². The molecule has 2 aliphatic heterocycles. The monoisotopic (exact) mass is 442 g/mol. The summed E-state index contributed by atoms with van der Waals surface area (Å²) in [7, 11) is 0. The number of thioether (sulfide) groups is 1. The summed E-state index contributed by atoms with van der Waals surface area (Å²) in [4.78, 5) is 29.7. The number of thiophene rings is 1. The zero-order chi connectivity index (χ0) is 20.9. The van der Waals surface area contributed by atoms with Crippen LogP contribution in [0.15, 0.2) is 60.0 Å². The molecule has 1 spiro atoms. The van der Waals surface area contributed by atoms with Crippen LogP contribution in [0.4, 0.5) is 14.5 Å². The Morgan fingerprint density at radius 1 is 1.07 bits per heavy atom. The Bertz CT molecular complexity index is 1150. The predicted molar refractivity (Wildman–Crippen MR) is 113 cm³/mol. The lowest BCUT2D eigenvalue weighted by molar-refractivity contribution is -0.123. The van der Waals surface area contributed by atoms with Gasteiger partial charge in [0.05, 0.1) is 17.1 Å². The van der Waals surface area contributed by atoms with Crippen molar-refractivity contribution in [2.45, 2.75) is 11.4 Å². The number of carbonyl (C=O) groups is 2. The molecule has 8 heteroatoms. The number of anilines is 1. The van der Waals surface area contributed by atoms with E-state index in [0.717, 1.165) is 17.7 Å². The van der Waals surface area contributed by atoms with Gasteiger partial charge in [0.25, 0.3) is 11.8 Å². The van der Waals surface area contributed by atoms with Crippen molar-refractivity contribution >= 4 is 40.6 Å². The minimum absolute atomic E-state index is 0.0936. The first-order valence-corrected chi connectivity index (χ1v) is 11.2. The van der Waals surface area contributed by atoms with Crippen LogP contribution in [-0.4, -0.2) is 29.0 Å². The molecule has 0 N–H and O–H groups in total. The van der Waals surface area contributed by atoms with Gasteiger partial charge in [0.15, 0.2) is 16.5 Å². The Labute approximate surface area is 180 Å². The summed E-state index contributed by atoms with van der Waals surface area (Å²) in [5.41, 5.74) is 1.92. The number of hydrogen-bond acceptors (Lipinski definition) is 4. The summed E-state index contributed by atoms with van der Waals surface area (Å²) in [6, 6.07) is 14.6. The fraction of sp³-hybridized carbons (Fsp3) is 0.182. The molecule has 0 bridgehead atoms. The van der Waals surface area contributed by atoms with Crippen molar-refractivity contribution in [3.63, 3.8) is 0 Å². The molecule has 30 heavy (non-hydrogen) atoms. The van der Waals surface area contributed by atoms with Gasteiger partial charge in [-0.15, -0.1) is 23.1 Å². The van der Waals surface area contributed by atoms with Gasteiger partial charge in [-0.2, -0.15) is 0 Å². The Kier molecular flexibility index (Phi) is 4.63. The van der Waals surface area contributed by atoms with Gasteiger partial charge < -0.3 is 9.80 Å². The van der Waals surface area contributed by atoms with Crippen LogP contribution in [0.1, 0.15) is 20.8 Å².